The van der Waals surface area contributed by atoms with Gasteiger partial charge in [0.25, 0.3) is 5.69 Å². The summed E-state index contributed by atoms with van der Waals surface area (Å²) in [6.45, 7) is 0. The number of aromatic nitrogens is 3. The Kier molecular flexibility index (Phi) is 3.30. The zero-order valence-electron chi connectivity index (χ0n) is 10.9. The Morgan fingerprint density at radius 1 is 1.10 bits per heavy atom. The first kappa shape index (κ1) is 12.8. The monoisotopic (exact) mass is 281 g/mol. The Morgan fingerprint density at radius 3 is 2.67 bits per heavy atom. The number of benzene rings is 2. The third-order valence-electron chi connectivity index (χ3n) is 2.85. The third-order valence-corrected chi connectivity index (χ3v) is 2.85. The van der Waals surface area contributed by atoms with Crippen LogP contribution in [-0.2, 0) is 0 Å². The van der Waals surface area contributed by atoms with Gasteiger partial charge in [-0.05, 0) is 6.07 Å². The maximum atomic E-state index is 10.7. The summed E-state index contributed by atoms with van der Waals surface area (Å²) in [5.74, 6) is 0.984. The normalized spacial score (nSPS) is 10.3. The number of rotatable bonds is 4. The van der Waals surface area contributed by atoms with Crippen molar-refractivity contribution < 1.29 is 4.92 Å². The number of hydrogen-bond acceptors (Lipinski definition) is 5. The van der Waals surface area contributed by atoms with E-state index in [0.29, 0.717) is 17.5 Å². The van der Waals surface area contributed by atoms with E-state index in [9.17, 15) is 10.1 Å². The molecule has 3 aromatic rings. The van der Waals surface area contributed by atoms with Crippen LogP contribution in [0.25, 0.3) is 11.4 Å². The standard InChI is InChI=1S/C14H11N5O2/c20-19(21)12-8-4-7-11(9-12)15-14-16-13(17-18-14)10-5-2-1-3-6-10/h1-9H,(H2,15,16,17,18). The molecule has 0 amide bonds. The first-order chi connectivity index (χ1) is 10.2. The average molecular weight is 281 g/mol. The summed E-state index contributed by atoms with van der Waals surface area (Å²) in [6.07, 6.45) is 0. The van der Waals surface area contributed by atoms with Gasteiger partial charge in [0.05, 0.1) is 4.92 Å². The molecule has 0 spiro atoms. The summed E-state index contributed by atoms with van der Waals surface area (Å²) >= 11 is 0. The van der Waals surface area contributed by atoms with Crippen LogP contribution in [0.2, 0.25) is 0 Å². The van der Waals surface area contributed by atoms with Crippen molar-refractivity contribution in [1.29, 1.82) is 0 Å². The molecule has 0 aliphatic carbocycles. The van der Waals surface area contributed by atoms with Gasteiger partial charge >= 0.3 is 0 Å². The molecule has 1 aromatic heterocycles. The third kappa shape index (κ3) is 2.86. The molecule has 1 heterocycles. The highest BCUT2D eigenvalue weighted by Crippen LogP contribution is 2.21. The van der Waals surface area contributed by atoms with Crippen molar-refractivity contribution in [3.05, 3.63) is 64.7 Å². The number of anilines is 2. The number of non-ortho nitro benzene ring substituents is 1. The highest BCUT2D eigenvalue weighted by molar-refractivity contribution is 5.60. The molecule has 7 heteroatoms. The van der Waals surface area contributed by atoms with Crippen molar-refractivity contribution in [2.24, 2.45) is 0 Å². The van der Waals surface area contributed by atoms with Crippen molar-refractivity contribution in [3.63, 3.8) is 0 Å². The number of hydrogen-bond donors (Lipinski definition) is 2. The minimum atomic E-state index is -0.446. The molecule has 0 atom stereocenters. The maximum absolute atomic E-state index is 10.7. The summed E-state index contributed by atoms with van der Waals surface area (Å²) in [7, 11) is 0. The molecule has 2 N–H and O–H groups in total. The van der Waals surface area contributed by atoms with Gasteiger partial charge in [0.1, 0.15) is 0 Å². The van der Waals surface area contributed by atoms with Crippen molar-refractivity contribution in [3.8, 4) is 11.4 Å². The molecular weight excluding hydrogens is 270 g/mol. The van der Waals surface area contributed by atoms with Crippen LogP contribution in [0.5, 0.6) is 0 Å². The fourth-order valence-electron chi connectivity index (χ4n) is 1.87. The topological polar surface area (TPSA) is 96.7 Å². The van der Waals surface area contributed by atoms with Gasteiger partial charge < -0.3 is 5.32 Å². The van der Waals surface area contributed by atoms with Crippen molar-refractivity contribution in [2.75, 3.05) is 5.32 Å². The minimum absolute atomic E-state index is 0.0128. The van der Waals surface area contributed by atoms with E-state index in [1.165, 1.54) is 12.1 Å². The molecular formula is C14H11N5O2. The zero-order chi connectivity index (χ0) is 14.7. The number of nitro groups is 1. The van der Waals surface area contributed by atoms with Gasteiger partial charge in [-0.25, -0.2) is 0 Å². The quantitative estimate of drug-likeness (QED) is 0.565. The van der Waals surface area contributed by atoms with Crippen molar-refractivity contribution >= 4 is 17.3 Å². The summed E-state index contributed by atoms with van der Waals surface area (Å²) in [5.41, 5.74) is 1.48. The Labute approximate surface area is 119 Å². The number of nitrogens with one attached hydrogen (secondary N) is 2. The second-order valence-corrected chi connectivity index (χ2v) is 4.31. The summed E-state index contributed by atoms with van der Waals surface area (Å²) in [5, 5.41) is 20.5. The fraction of sp³-hybridized carbons (Fsp3) is 0. The zero-order valence-corrected chi connectivity index (χ0v) is 10.9. The predicted octanol–water partition coefficient (Wildman–Crippen LogP) is 3.12. The second-order valence-electron chi connectivity index (χ2n) is 4.31. The van der Waals surface area contributed by atoms with Gasteiger partial charge in [0.15, 0.2) is 5.82 Å². The molecule has 104 valence electrons. The fourth-order valence-corrected chi connectivity index (χ4v) is 1.87. The molecule has 0 fully saturated rings. The molecule has 3 rings (SSSR count). The average Bonchev–Trinajstić information content (AvgIpc) is 2.97. The molecule has 0 aliphatic heterocycles. The molecule has 0 aliphatic rings. The highest BCUT2D eigenvalue weighted by Gasteiger charge is 2.08. The predicted molar refractivity (Wildman–Crippen MR) is 78.2 cm³/mol. The first-order valence-corrected chi connectivity index (χ1v) is 6.22. The largest absolute Gasteiger partial charge is 0.323 e. The SMILES string of the molecule is O=[N+]([O-])c1cccc(Nc2n[nH]c(-c3ccccc3)n2)c1. The van der Waals surface area contributed by atoms with E-state index in [-0.39, 0.29) is 5.69 Å². The first-order valence-electron chi connectivity index (χ1n) is 6.22. The van der Waals surface area contributed by atoms with Crippen molar-refractivity contribution in [2.45, 2.75) is 0 Å². The Morgan fingerprint density at radius 2 is 1.90 bits per heavy atom. The number of nitrogens with zero attached hydrogens (tertiary/aromatic N) is 3. The Bertz CT molecular complexity index is 770. The molecule has 0 saturated heterocycles. The molecule has 0 unspecified atom stereocenters. The summed E-state index contributed by atoms with van der Waals surface area (Å²) < 4.78 is 0. The van der Waals surface area contributed by atoms with Crippen LogP contribution < -0.4 is 5.32 Å². The molecule has 2 aromatic carbocycles. The highest BCUT2D eigenvalue weighted by atomic mass is 16.6. The van der Waals surface area contributed by atoms with E-state index in [2.05, 4.69) is 20.5 Å². The van der Waals surface area contributed by atoms with E-state index in [1.807, 2.05) is 30.3 Å². The smallest absolute Gasteiger partial charge is 0.271 e. The maximum Gasteiger partial charge on any atom is 0.271 e. The van der Waals surface area contributed by atoms with Gasteiger partial charge in [0, 0.05) is 23.4 Å². The number of H-pyrrole nitrogens is 1. The van der Waals surface area contributed by atoms with Crippen LogP contribution in [0.4, 0.5) is 17.3 Å². The van der Waals surface area contributed by atoms with E-state index >= 15 is 0 Å². The van der Waals surface area contributed by atoms with Crippen LogP contribution in [0.15, 0.2) is 54.6 Å². The van der Waals surface area contributed by atoms with Crippen molar-refractivity contribution in [1.82, 2.24) is 15.2 Å². The lowest BCUT2D eigenvalue weighted by Crippen LogP contribution is -1.94. The summed E-state index contributed by atoms with van der Waals surface area (Å²) in [4.78, 5) is 14.6. The van der Waals surface area contributed by atoms with Crippen LogP contribution >= 0.6 is 0 Å². The molecule has 7 nitrogen and oxygen atoms in total. The van der Waals surface area contributed by atoms with Crippen LogP contribution in [-0.4, -0.2) is 20.1 Å². The van der Waals surface area contributed by atoms with Gasteiger partial charge in [-0.1, -0.05) is 36.4 Å². The van der Waals surface area contributed by atoms with Crippen LogP contribution in [0.3, 0.4) is 0 Å². The Balaban J connectivity index is 1.82. The van der Waals surface area contributed by atoms with Crippen LogP contribution in [0, 0.1) is 10.1 Å². The lowest BCUT2D eigenvalue weighted by atomic mass is 10.2. The second kappa shape index (κ2) is 5.41. The lowest BCUT2D eigenvalue weighted by Gasteiger charge is -2.00. The molecule has 0 bridgehead atoms. The number of nitro benzene ring substituents is 1. The van der Waals surface area contributed by atoms with Gasteiger partial charge in [0.2, 0.25) is 5.95 Å². The van der Waals surface area contributed by atoms with E-state index < -0.39 is 4.92 Å². The van der Waals surface area contributed by atoms with E-state index in [0.717, 1.165) is 5.56 Å². The minimum Gasteiger partial charge on any atom is -0.323 e. The Hall–Kier alpha value is -3.22. The van der Waals surface area contributed by atoms with E-state index in [1.54, 1.807) is 12.1 Å². The molecule has 21 heavy (non-hydrogen) atoms. The molecule has 0 saturated carbocycles. The number of aromatic amines is 1. The summed E-state index contributed by atoms with van der Waals surface area (Å²) in [6, 6.07) is 15.7. The van der Waals surface area contributed by atoms with Crippen LogP contribution in [0.1, 0.15) is 0 Å². The van der Waals surface area contributed by atoms with Gasteiger partial charge in [-0.15, -0.1) is 5.10 Å². The van der Waals surface area contributed by atoms with E-state index in [4.69, 9.17) is 0 Å². The van der Waals surface area contributed by atoms with Gasteiger partial charge in [-0.2, -0.15) is 4.98 Å². The molecule has 0 radical (unpaired) electrons. The lowest BCUT2D eigenvalue weighted by molar-refractivity contribution is -0.384. The van der Waals surface area contributed by atoms with Gasteiger partial charge in [-0.3, -0.25) is 15.2 Å².